The molecule has 1 aliphatic rings. The van der Waals surface area contributed by atoms with Crippen LogP contribution >= 0.6 is 0 Å². The number of halogens is 2. The summed E-state index contributed by atoms with van der Waals surface area (Å²) in [6.45, 7) is 1.71. The molecule has 3 N–H and O–H groups in total. The summed E-state index contributed by atoms with van der Waals surface area (Å²) in [7, 11) is 0. The van der Waals surface area contributed by atoms with Gasteiger partial charge in [0.2, 0.25) is 5.95 Å². The Kier molecular flexibility index (Phi) is 8.52. The number of imidazole rings is 1. The Morgan fingerprint density at radius 3 is 2.62 bits per heavy atom. The Balaban J connectivity index is 1.16. The molecule has 1 amide bonds. The van der Waals surface area contributed by atoms with Gasteiger partial charge in [-0.3, -0.25) is 9.20 Å². The van der Waals surface area contributed by atoms with Crippen molar-refractivity contribution in [2.45, 2.75) is 25.3 Å². The maximum absolute atomic E-state index is 14.3. The van der Waals surface area contributed by atoms with E-state index in [4.69, 9.17) is 14.7 Å². The number of carbonyl (C=O) groups is 1. The summed E-state index contributed by atoms with van der Waals surface area (Å²) in [5.41, 5.74) is 3.75. The molecule has 0 spiro atoms. The van der Waals surface area contributed by atoms with E-state index in [1.165, 1.54) is 18.9 Å². The van der Waals surface area contributed by atoms with Crippen molar-refractivity contribution < 1.29 is 18.3 Å². The van der Waals surface area contributed by atoms with E-state index in [2.05, 4.69) is 20.9 Å². The summed E-state index contributed by atoms with van der Waals surface area (Å²) >= 11 is 0. The number of rotatable bonds is 10. The van der Waals surface area contributed by atoms with Gasteiger partial charge in [-0.1, -0.05) is 30.3 Å². The third-order valence-electron chi connectivity index (χ3n) is 8.00. The second-order valence-corrected chi connectivity index (χ2v) is 11.2. The molecule has 4 heterocycles. The maximum atomic E-state index is 14.3. The summed E-state index contributed by atoms with van der Waals surface area (Å²) in [6.07, 6.45) is 6.93. The SMILES string of the molecule is O=C(Nc1cccc(-c2nc3ccccn3c2-c2ccnc(Nc3cccc(OCCC4CCCN4)c3)n2)c1)c1c(F)cccc1F. The van der Waals surface area contributed by atoms with Crippen LogP contribution in [0.25, 0.3) is 28.3 Å². The Morgan fingerprint density at radius 2 is 1.77 bits per heavy atom. The monoisotopic (exact) mass is 631 g/mol. The van der Waals surface area contributed by atoms with Gasteiger partial charge in [0, 0.05) is 41.4 Å². The van der Waals surface area contributed by atoms with Gasteiger partial charge in [0.05, 0.1) is 23.7 Å². The predicted octanol–water partition coefficient (Wildman–Crippen LogP) is 7.25. The predicted molar refractivity (Wildman–Crippen MR) is 177 cm³/mol. The van der Waals surface area contributed by atoms with Crippen LogP contribution in [0.3, 0.4) is 0 Å². The zero-order chi connectivity index (χ0) is 32.2. The minimum Gasteiger partial charge on any atom is -0.493 e. The second kappa shape index (κ2) is 13.4. The third kappa shape index (κ3) is 6.66. The smallest absolute Gasteiger partial charge is 0.261 e. The van der Waals surface area contributed by atoms with Gasteiger partial charge in [-0.25, -0.2) is 23.7 Å². The van der Waals surface area contributed by atoms with Crippen LogP contribution in [0.5, 0.6) is 5.75 Å². The minimum absolute atomic E-state index is 0.352. The molecule has 0 saturated carbocycles. The van der Waals surface area contributed by atoms with Crippen molar-refractivity contribution in [3.05, 3.63) is 121 Å². The first-order valence-electron chi connectivity index (χ1n) is 15.4. The van der Waals surface area contributed by atoms with E-state index in [0.29, 0.717) is 52.6 Å². The molecule has 3 aromatic carbocycles. The van der Waals surface area contributed by atoms with Crippen molar-refractivity contribution in [1.29, 1.82) is 0 Å². The second-order valence-electron chi connectivity index (χ2n) is 11.2. The highest BCUT2D eigenvalue weighted by molar-refractivity contribution is 6.05. The molecular weight excluding hydrogens is 600 g/mol. The fourth-order valence-electron chi connectivity index (χ4n) is 5.76. The fraction of sp³-hybridized carbons (Fsp3) is 0.167. The van der Waals surface area contributed by atoms with Gasteiger partial charge in [-0.2, -0.15) is 0 Å². The molecule has 1 unspecified atom stereocenters. The van der Waals surface area contributed by atoms with Crippen molar-refractivity contribution in [2.24, 2.45) is 0 Å². The number of aromatic nitrogens is 4. The summed E-state index contributed by atoms with van der Waals surface area (Å²) in [5, 5.41) is 9.39. The lowest BCUT2D eigenvalue weighted by Gasteiger charge is -2.12. The van der Waals surface area contributed by atoms with Crippen molar-refractivity contribution in [1.82, 2.24) is 24.7 Å². The van der Waals surface area contributed by atoms with Crippen LogP contribution in [0.2, 0.25) is 0 Å². The number of nitrogens with zero attached hydrogens (tertiary/aromatic N) is 4. The van der Waals surface area contributed by atoms with Gasteiger partial charge in [0.1, 0.15) is 28.6 Å². The van der Waals surface area contributed by atoms with Gasteiger partial charge in [0.25, 0.3) is 5.91 Å². The quantitative estimate of drug-likeness (QED) is 0.146. The fourth-order valence-corrected chi connectivity index (χ4v) is 5.76. The Hall–Kier alpha value is -5.68. The first-order valence-corrected chi connectivity index (χ1v) is 15.4. The molecule has 0 aliphatic carbocycles. The molecule has 1 atom stereocenters. The number of nitrogens with one attached hydrogen (secondary N) is 3. The topological polar surface area (TPSA) is 105 Å². The normalized spacial score (nSPS) is 14.3. The number of pyridine rings is 1. The molecule has 1 aliphatic heterocycles. The van der Waals surface area contributed by atoms with E-state index >= 15 is 0 Å². The number of anilines is 3. The van der Waals surface area contributed by atoms with Gasteiger partial charge in [-0.05, 0) is 80.4 Å². The highest BCUT2D eigenvalue weighted by Gasteiger charge is 2.20. The lowest BCUT2D eigenvalue weighted by atomic mass is 10.1. The van der Waals surface area contributed by atoms with Crippen LogP contribution in [-0.4, -0.2) is 44.5 Å². The summed E-state index contributed by atoms with van der Waals surface area (Å²) in [5.74, 6) is -1.62. The van der Waals surface area contributed by atoms with Crippen LogP contribution in [-0.2, 0) is 0 Å². The zero-order valence-electron chi connectivity index (χ0n) is 25.3. The Bertz CT molecular complexity index is 2040. The number of fused-ring (bicyclic) bond motifs is 1. The zero-order valence-corrected chi connectivity index (χ0v) is 25.3. The third-order valence-corrected chi connectivity index (χ3v) is 8.00. The van der Waals surface area contributed by atoms with E-state index in [0.717, 1.165) is 36.5 Å². The molecule has 0 radical (unpaired) electrons. The van der Waals surface area contributed by atoms with E-state index in [9.17, 15) is 13.6 Å². The highest BCUT2D eigenvalue weighted by Crippen LogP contribution is 2.34. The number of ether oxygens (including phenoxy) is 1. The average Bonchev–Trinajstić information content (AvgIpc) is 3.74. The van der Waals surface area contributed by atoms with E-state index in [1.807, 2.05) is 59.1 Å². The lowest BCUT2D eigenvalue weighted by Crippen LogP contribution is -2.23. The Morgan fingerprint density at radius 1 is 0.936 bits per heavy atom. The van der Waals surface area contributed by atoms with Crippen molar-refractivity contribution in [2.75, 3.05) is 23.8 Å². The summed E-state index contributed by atoms with van der Waals surface area (Å²) in [4.78, 5) is 27.0. The highest BCUT2D eigenvalue weighted by atomic mass is 19.1. The maximum Gasteiger partial charge on any atom is 0.261 e. The van der Waals surface area contributed by atoms with Crippen molar-refractivity contribution in [3.63, 3.8) is 0 Å². The minimum atomic E-state index is -0.939. The molecule has 3 aromatic heterocycles. The van der Waals surface area contributed by atoms with Crippen LogP contribution < -0.4 is 20.7 Å². The molecule has 11 heteroatoms. The van der Waals surface area contributed by atoms with Gasteiger partial charge >= 0.3 is 0 Å². The molecule has 7 rings (SSSR count). The van der Waals surface area contributed by atoms with Gasteiger partial charge < -0.3 is 20.7 Å². The number of hydrogen-bond donors (Lipinski definition) is 3. The van der Waals surface area contributed by atoms with Crippen LogP contribution in [0.4, 0.5) is 26.1 Å². The van der Waals surface area contributed by atoms with Gasteiger partial charge in [-0.15, -0.1) is 0 Å². The van der Waals surface area contributed by atoms with Crippen LogP contribution in [0.15, 0.2) is 103 Å². The molecule has 0 bridgehead atoms. The molecular formula is C36H31F2N7O2. The first kappa shape index (κ1) is 30.0. The number of carbonyl (C=O) groups excluding carboxylic acids is 1. The largest absolute Gasteiger partial charge is 0.493 e. The van der Waals surface area contributed by atoms with E-state index in [1.54, 1.807) is 30.5 Å². The molecule has 236 valence electrons. The molecule has 47 heavy (non-hydrogen) atoms. The molecule has 6 aromatic rings. The number of hydrogen-bond acceptors (Lipinski definition) is 7. The van der Waals surface area contributed by atoms with Crippen LogP contribution in [0, 0.1) is 11.6 Å². The number of benzene rings is 3. The first-order chi connectivity index (χ1) is 23.0. The molecule has 9 nitrogen and oxygen atoms in total. The lowest BCUT2D eigenvalue weighted by molar-refractivity contribution is 0.101. The summed E-state index contributed by atoms with van der Waals surface area (Å²) < 4.78 is 36.5. The average molecular weight is 632 g/mol. The van der Waals surface area contributed by atoms with E-state index in [-0.39, 0.29) is 0 Å². The van der Waals surface area contributed by atoms with Crippen molar-refractivity contribution >= 4 is 28.9 Å². The number of amides is 1. The standard InChI is InChI=1S/C36H31F2N7O2/c37-28-12-5-13-29(38)32(28)35(46)41-25-8-3-7-23(21-25)33-34(45-19-2-1-14-31(45)44-33)30-15-18-40-36(43-30)42-26-9-4-11-27(22-26)47-20-16-24-10-6-17-39-24/h1-5,7-9,11-15,18-19,21-22,24,39H,6,10,16-17,20H2,(H,41,46)(H,40,42,43). The molecule has 1 fully saturated rings. The van der Waals surface area contributed by atoms with Gasteiger partial charge in [0.15, 0.2) is 0 Å². The molecule has 1 saturated heterocycles. The Labute approximate surface area is 269 Å². The van der Waals surface area contributed by atoms with Crippen LogP contribution in [0.1, 0.15) is 29.6 Å². The summed E-state index contributed by atoms with van der Waals surface area (Å²) in [6, 6.07) is 25.9. The van der Waals surface area contributed by atoms with Crippen molar-refractivity contribution in [3.8, 4) is 28.4 Å². The van der Waals surface area contributed by atoms with E-state index < -0.39 is 23.1 Å².